The number of amides is 1. The molecule has 0 fully saturated rings. The van der Waals surface area contributed by atoms with E-state index >= 15 is 0 Å². The molecule has 0 aliphatic heterocycles. The van der Waals surface area contributed by atoms with Crippen molar-refractivity contribution in [3.63, 3.8) is 0 Å². The zero-order chi connectivity index (χ0) is 19.3. The van der Waals surface area contributed by atoms with Gasteiger partial charge in [-0.3, -0.25) is 14.2 Å². The second-order valence-corrected chi connectivity index (χ2v) is 7.80. The lowest BCUT2D eigenvalue weighted by molar-refractivity contribution is -0.121. The topological polar surface area (TPSA) is 73.2 Å². The maximum Gasteiger partial charge on any atom is 0.263 e. The van der Waals surface area contributed by atoms with Crippen LogP contribution < -0.4 is 15.6 Å². The van der Waals surface area contributed by atoms with Crippen LogP contribution in [0.2, 0.25) is 0 Å². The molecule has 0 unspecified atom stereocenters. The van der Waals surface area contributed by atoms with E-state index in [1.54, 1.807) is 11.3 Å². The van der Waals surface area contributed by atoms with Gasteiger partial charge >= 0.3 is 0 Å². The van der Waals surface area contributed by atoms with Crippen molar-refractivity contribution in [1.82, 2.24) is 14.9 Å². The largest absolute Gasteiger partial charge is 0.492 e. The maximum absolute atomic E-state index is 12.9. The molecule has 0 saturated heterocycles. The molecular weight excluding hydrogens is 394 g/mol. The number of nitrogens with one attached hydrogen (secondary N) is 1. The number of thiophene rings is 2. The van der Waals surface area contributed by atoms with E-state index in [4.69, 9.17) is 4.74 Å². The van der Waals surface area contributed by atoms with E-state index in [0.29, 0.717) is 23.4 Å². The van der Waals surface area contributed by atoms with Crippen molar-refractivity contribution in [1.29, 1.82) is 0 Å². The van der Waals surface area contributed by atoms with Crippen LogP contribution in [-0.4, -0.2) is 28.6 Å². The van der Waals surface area contributed by atoms with Crippen LogP contribution in [0.15, 0.2) is 64.3 Å². The normalized spacial score (nSPS) is 10.9. The fourth-order valence-electron chi connectivity index (χ4n) is 2.78. The van der Waals surface area contributed by atoms with Gasteiger partial charge in [-0.1, -0.05) is 24.3 Å². The number of para-hydroxylation sites is 1. The highest BCUT2D eigenvalue weighted by Gasteiger charge is 2.15. The molecule has 142 valence electrons. The zero-order valence-corrected chi connectivity index (χ0v) is 16.5. The molecule has 4 rings (SSSR count). The summed E-state index contributed by atoms with van der Waals surface area (Å²) in [5.74, 6) is 0.494. The summed E-state index contributed by atoms with van der Waals surface area (Å²) < 4.78 is 6.89. The number of benzene rings is 1. The molecule has 4 aromatic rings. The highest BCUT2D eigenvalue weighted by molar-refractivity contribution is 7.18. The first kappa shape index (κ1) is 18.4. The Labute approximate surface area is 169 Å². The van der Waals surface area contributed by atoms with Gasteiger partial charge in [0, 0.05) is 15.8 Å². The molecule has 1 N–H and O–H groups in total. The molecule has 0 saturated carbocycles. The van der Waals surface area contributed by atoms with Gasteiger partial charge in [-0.05, 0) is 23.6 Å². The highest BCUT2D eigenvalue weighted by Crippen LogP contribution is 2.33. The second kappa shape index (κ2) is 8.37. The first-order valence-electron chi connectivity index (χ1n) is 8.67. The van der Waals surface area contributed by atoms with E-state index in [0.717, 1.165) is 16.2 Å². The van der Waals surface area contributed by atoms with Gasteiger partial charge in [0.05, 0.1) is 18.3 Å². The third kappa shape index (κ3) is 3.97. The van der Waals surface area contributed by atoms with Gasteiger partial charge in [-0.25, -0.2) is 4.98 Å². The lowest BCUT2D eigenvalue weighted by atomic mass is 10.2. The summed E-state index contributed by atoms with van der Waals surface area (Å²) >= 11 is 3.01. The SMILES string of the molecule is O=C(Cn1cnc2scc(-c3cccs3)c2c1=O)NCCOc1ccccc1. The highest BCUT2D eigenvalue weighted by atomic mass is 32.1. The van der Waals surface area contributed by atoms with E-state index in [-0.39, 0.29) is 18.0 Å². The second-order valence-electron chi connectivity index (χ2n) is 6.00. The molecular formula is C20H17N3O3S2. The van der Waals surface area contributed by atoms with Crippen molar-refractivity contribution in [2.24, 2.45) is 0 Å². The minimum atomic E-state index is -0.257. The van der Waals surface area contributed by atoms with E-state index in [9.17, 15) is 9.59 Å². The fraction of sp³-hybridized carbons (Fsp3) is 0.150. The number of rotatable bonds is 7. The number of carbonyl (C=O) groups is 1. The van der Waals surface area contributed by atoms with Gasteiger partial charge in [-0.2, -0.15) is 0 Å². The van der Waals surface area contributed by atoms with Gasteiger partial charge in [0.2, 0.25) is 5.91 Å². The molecule has 8 heteroatoms. The number of nitrogens with zero attached hydrogens (tertiary/aromatic N) is 2. The van der Waals surface area contributed by atoms with Gasteiger partial charge in [0.1, 0.15) is 23.7 Å². The predicted molar refractivity (Wildman–Crippen MR) is 112 cm³/mol. The molecule has 1 aromatic carbocycles. The van der Waals surface area contributed by atoms with E-state index < -0.39 is 0 Å². The Hall–Kier alpha value is -2.97. The van der Waals surface area contributed by atoms with Gasteiger partial charge in [-0.15, -0.1) is 22.7 Å². The van der Waals surface area contributed by atoms with Crippen molar-refractivity contribution in [3.05, 3.63) is 69.9 Å². The Morgan fingerprint density at radius 1 is 1.14 bits per heavy atom. The Kier molecular flexibility index (Phi) is 5.50. The minimum absolute atomic E-state index is 0.0766. The predicted octanol–water partition coefficient (Wildman–Crippen LogP) is 3.38. The Bertz CT molecular complexity index is 1130. The lowest BCUT2D eigenvalue weighted by Gasteiger charge is -2.09. The average Bonchev–Trinajstić information content (AvgIpc) is 3.38. The molecule has 0 radical (unpaired) electrons. The summed E-state index contributed by atoms with van der Waals surface area (Å²) in [5, 5.41) is 7.24. The van der Waals surface area contributed by atoms with E-state index in [2.05, 4.69) is 10.3 Å². The maximum atomic E-state index is 12.9. The number of carbonyl (C=O) groups excluding carboxylic acids is 1. The van der Waals surface area contributed by atoms with Crippen LogP contribution in [0.4, 0.5) is 0 Å². The molecule has 0 atom stereocenters. The summed E-state index contributed by atoms with van der Waals surface area (Å²) in [6.45, 7) is 0.638. The van der Waals surface area contributed by atoms with Crippen LogP contribution in [-0.2, 0) is 11.3 Å². The molecule has 0 spiro atoms. The van der Waals surface area contributed by atoms with Crippen molar-refractivity contribution in [2.75, 3.05) is 13.2 Å². The van der Waals surface area contributed by atoms with E-state index in [1.807, 2.05) is 53.2 Å². The van der Waals surface area contributed by atoms with Crippen molar-refractivity contribution < 1.29 is 9.53 Å². The Morgan fingerprint density at radius 2 is 2.00 bits per heavy atom. The average molecular weight is 412 g/mol. The van der Waals surface area contributed by atoms with Crippen molar-refractivity contribution in [3.8, 4) is 16.2 Å². The number of aromatic nitrogens is 2. The summed E-state index contributed by atoms with van der Waals surface area (Å²) in [6.07, 6.45) is 1.43. The van der Waals surface area contributed by atoms with Crippen LogP contribution >= 0.6 is 22.7 Å². The summed E-state index contributed by atoms with van der Waals surface area (Å²) in [6, 6.07) is 13.3. The first-order valence-corrected chi connectivity index (χ1v) is 10.4. The van der Waals surface area contributed by atoms with Gasteiger partial charge in [0.15, 0.2) is 0 Å². The number of fused-ring (bicyclic) bond motifs is 1. The molecule has 3 aromatic heterocycles. The third-order valence-electron chi connectivity index (χ3n) is 4.10. The van der Waals surface area contributed by atoms with E-state index in [1.165, 1.54) is 22.2 Å². The van der Waals surface area contributed by atoms with Crippen molar-refractivity contribution >= 4 is 38.8 Å². The van der Waals surface area contributed by atoms with Crippen LogP contribution in [0.5, 0.6) is 5.75 Å². The molecule has 0 aliphatic rings. The number of hydrogen-bond acceptors (Lipinski definition) is 6. The Morgan fingerprint density at radius 3 is 2.79 bits per heavy atom. The van der Waals surface area contributed by atoms with Crippen LogP contribution in [0, 0.1) is 0 Å². The summed E-state index contributed by atoms with van der Waals surface area (Å²) in [4.78, 5) is 31.1. The van der Waals surface area contributed by atoms with Crippen LogP contribution in [0.1, 0.15) is 0 Å². The fourth-order valence-corrected chi connectivity index (χ4v) is 4.50. The number of ether oxygens (including phenoxy) is 1. The Balaban J connectivity index is 1.41. The first-order chi connectivity index (χ1) is 13.7. The molecule has 0 aliphatic carbocycles. The van der Waals surface area contributed by atoms with Crippen molar-refractivity contribution in [2.45, 2.75) is 6.54 Å². The van der Waals surface area contributed by atoms with Gasteiger partial charge in [0.25, 0.3) is 5.56 Å². The monoisotopic (exact) mass is 411 g/mol. The standard InChI is InChI=1S/C20H17N3O3S2/c24-17(21-8-9-26-14-5-2-1-3-6-14)11-23-13-22-19-18(20(23)25)15(12-28-19)16-7-4-10-27-16/h1-7,10,12-13H,8-9,11H2,(H,21,24). The smallest absolute Gasteiger partial charge is 0.263 e. The summed E-state index contributed by atoms with van der Waals surface area (Å²) in [7, 11) is 0. The summed E-state index contributed by atoms with van der Waals surface area (Å²) in [5.41, 5.74) is 0.670. The van der Waals surface area contributed by atoms with Crippen LogP contribution in [0.3, 0.4) is 0 Å². The minimum Gasteiger partial charge on any atom is -0.492 e. The molecule has 28 heavy (non-hydrogen) atoms. The molecule has 6 nitrogen and oxygen atoms in total. The van der Waals surface area contributed by atoms with Crippen LogP contribution in [0.25, 0.3) is 20.7 Å². The molecule has 3 heterocycles. The third-order valence-corrected chi connectivity index (χ3v) is 5.89. The zero-order valence-electron chi connectivity index (χ0n) is 14.8. The molecule has 1 amide bonds. The molecule has 0 bridgehead atoms. The quantitative estimate of drug-likeness (QED) is 0.473. The van der Waals surface area contributed by atoms with Gasteiger partial charge < -0.3 is 10.1 Å². The lowest BCUT2D eigenvalue weighted by Crippen LogP contribution is -2.34. The number of hydrogen-bond donors (Lipinski definition) is 1.